The van der Waals surface area contributed by atoms with Crippen molar-refractivity contribution in [2.24, 2.45) is 5.92 Å². The standard InChI is InChI=1S/C24H30N2/c1-3-5-6-21-17-25-24(26-18-21)16-11-20-9-14-23(15-10-20)22-12-7-19(4-2)8-13-22/h9-10,14-15,17-19,22H,3-8,12-13H2,1-2H3/t19-,22-. The minimum atomic E-state index is 0.604. The largest absolute Gasteiger partial charge is 0.229 e. The van der Waals surface area contributed by atoms with Crippen molar-refractivity contribution >= 4 is 0 Å². The summed E-state index contributed by atoms with van der Waals surface area (Å²) in [5, 5.41) is 0. The van der Waals surface area contributed by atoms with Crippen LogP contribution in [0.15, 0.2) is 36.7 Å². The van der Waals surface area contributed by atoms with E-state index in [0.717, 1.165) is 23.8 Å². The van der Waals surface area contributed by atoms with E-state index in [-0.39, 0.29) is 0 Å². The Balaban J connectivity index is 1.59. The summed E-state index contributed by atoms with van der Waals surface area (Å²) in [5.41, 5.74) is 3.70. The monoisotopic (exact) mass is 346 g/mol. The van der Waals surface area contributed by atoms with E-state index in [9.17, 15) is 0 Å². The number of nitrogens with zero attached hydrogens (tertiary/aromatic N) is 2. The lowest BCUT2D eigenvalue weighted by Gasteiger charge is -2.28. The molecule has 0 atom stereocenters. The predicted octanol–water partition coefficient (Wildman–Crippen LogP) is 5.90. The molecule has 0 N–H and O–H groups in total. The van der Waals surface area contributed by atoms with Gasteiger partial charge < -0.3 is 0 Å². The van der Waals surface area contributed by atoms with Crippen LogP contribution in [0.5, 0.6) is 0 Å². The lowest BCUT2D eigenvalue weighted by atomic mass is 9.78. The van der Waals surface area contributed by atoms with Crippen molar-refractivity contribution in [2.45, 2.75) is 71.1 Å². The van der Waals surface area contributed by atoms with Crippen LogP contribution in [0.1, 0.15) is 87.2 Å². The number of hydrogen-bond donors (Lipinski definition) is 0. The van der Waals surface area contributed by atoms with E-state index in [0.29, 0.717) is 5.82 Å². The molecule has 3 rings (SSSR count). The first kappa shape index (κ1) is 18.6. The third-order valence-electron chi connectivity index (χ3n) is 5.65. The Hall–Kier alpha value is -2.14. The molecule has 1 aromatic carbocycles. The van der Waals surface area contributed by atoms with Crippen LogP contribution in [0.4, 0.5) is 0 Å². The maximum atomic E-state index is 4.37. The third-order valence-corrected chi connectivity index (χ3v) is 5.65. The van der Waals surface area contributed by atoms with Crippen LogP contribution in [0.25, 0.3) is 0 Å². The molecule has 26 heavy (non-hydrogen) atoms. The summed E-state index contributed by atoms with van der Waals surface area (Å²) < 4.78 is 0. The van der Waals surface area contributed by atoms with Crippen molar-refractivity contribution in [1.29, 1.82) is 0 Å². The van der Waals surface area contributed by atoms with Crippen molar-refractivity contribution in [3.63, 3.8) is 0 Å². The number of benzene rings is 1. The Morgan fingerprint density at radius 2 is 1.62 bits per heavy atom. The van der Waals surface area contributed by atoms with E-state index in [1.165, 1.54) is 56.1 Å². The van der Waals surface area contributed by atoms with Gasteiger partial charge in [-0.05, 0) is 79.5 Å². The van der Waals surface area contributed by atoms with E-state index in [4.69, 9.17) is 0 Å². The maximum Gasteiger partial charge on any atom is 0.205 e. The number of unbranched alkanes of at least 4 members (excludes halogenated alkanes) is 1. The number of rotatable bonds is 5. The van der Waals surface area contributed by atoms with Crippen molar-refractivity contribution in [1.82, 2.24) is 9.97 Å². The number of aromatic nitrogens is 2. The van der Waals surface area contributed by atoms with Crippen molar-refractivity contribution in [2.75, 3.05) is 0 Å². The van der Waals surface area contributed by atoms with Crippen molar-refractivity contribution in [3.05, 3.63) is 59.2 Å². The van der Waals surface area contributed by atoms with Crippen molar-refractivity contribution < 1.29 is 0 Å². The minimum absolute atomic E-state index is 0.604. The van der Waals surface area contributed by atoms with Gasteiger partial charge >= 0.3 is 0 Å². The molecular weight excluding hydrogens is 316 g/mol. The van der Waals surface area contributed by atoms with Crippen LogP contribution in [-0.4, -0.2) is 9.97 Å². The lowest BCUT2D eigenvalue weighted by molar-refractivity contribution is 0.319. The zero-order valence-electron chi connectivity index (χ0n) is 16.2. The van der Waals surface area contributed by atoms with Crippen LogP contribution in [-0.2, 0) is 6.42 Å². The summed E-state index contributed by atoms with van der Waals surface area (Å²) in [6.45, 7) is 4.52. The predicted molar refractivity (Wildman–Crippen MR) is 108 cm³/mol. The Morgan fingerprint density at radius 1 is 0.923 bits per heavy atom. The summed E-state index contributed by atoms with van der Waals surface area (Å²) in [5.74, 6) is 8.57. The number of aryl methyl sites for hydroxylation is 1. The Labute approximate surface area is 158 Å². The molecule has 1 aromatic heterocycles. The molecule has 0 bridgehead atoms. The molecule has 0 unspecified atom stereocenters. The molecule has 1 heterocycles. The highest BCUT2D eigenvalue weighted by molar-refractivity contribution is 5.40. The molecule has 0 amide bonds. The topological polar surface area (TPSA) is 25.8 Å². The average molecular weight is 347 g/mol. The molecule has 0 radical (unpaired) electrons. The second-order valence-electron chi connectivity index (χ2n) is 7.52. The fourth-order valence-corrected chi connectivity index (χ4v) is 3.80. The van der Waals surface area contributed by atoms with Gasteiger partial charge in [0.25, 0.3) is 0 Å². The Bertz CT molecular complexity index is 727. The molecule has 1 aliphatic rings. The average Bonchev–Trinajstić information content (AvgIpc) is 2.72. The van der Waals surface area contributed by atoms with Gasteiger partial charge in [0, 0.05) is 18.0 Å². The van der Waals surface area contributed by atoms with Gasteiger partial charge in [-0.1, -0.05) is 44.7 Å². The summed E-state index contributed by atoms with van der Waals surface area (Å²) in [4.78, 5) is 8.74. The Kier molecular flexibility index (Phi) is 6.83. The first-order valence-corrected chi connectivity index (χ1v) is 10.2. The highest BCUT2D eigenvalue weighted by Crippen LogP contribution is 2.36. The fourth-order valence-electron chi connectivity index (χ4n) is 3.80. The first-order chi connectivity index (χ1) is 12.8. The minimum Gasteiger partial charge on any atom is -0.229 e. The molecule has 2 nitrogen and oxygen atoms in total. The highest BCUT2D eigenvalue weighted by Gasteiger charge is 2.20. The summed E-state index contributed by atoms with van der Waals surface area (Å²) in [6, 6.07) is 8.80. The lowest BCUT2D eigenvalue weighted by Crippen LogP contribution is -2.12. The van der Waals surface area contributed by atoms with Crippen LogP contribution < -0.4 is 0 Å². The van der Waals surface area contributed by atoms with Gasteiger partial charge in [0.15, 0.2) is 0 Å². The molecule has 0 spiro atoms. The van der Waals surface area contributed by atoms with Gasteiger partial charge in [-0.25, -0.2) is 9.97 Å². The maximum absolute atomic E-state index is 4.37. The third kappa shape index (κ3) is 5.18. The van der Waals surface area contributed by atoms with Gasteiger partial charge in [0.2, 0.25) is 5.82 Å². The summed E-state index contributed by atoms with van der Waals surface area (Å²) in [6.07, 6.45) is 14.0. The first-order valence-electron chi connectivity index (χ1n) is 10.2. The van der Waals surface area contributed by atoms with Gasteiger partial charge in [-0.15, -0.1) is 0 Å². The van der Waals surface area contributed by atoms with Crippen LogP contribution in [0, 0.1) is 17.8 Å². The van der Waals surface area contributed by atoms with Crippen molar-refractivity contribution in [3.8, 4) is 11.8 Å². The molecule has 136 valence electrons. The van der Waals surface area contributed by atoms with Gasteiger partial charge in [0.05, 0.1) is 0 Å². The van der Waals surface area contributed by atoms with Gasteiger partial charge in [0.1, 0.15) is 0 Å². The molecule has 0 saturated heterocycles. The summed E-state index contributed by atoms with van der Waals surface area (Å²) in [7, 11) is 0. The van der Waals surface area contributed by atoms with E-state index in [1.807, 2.05) is 12.4 Å². The quantitative estimate of drug-likeness (QED) is 0.630. The molecule has 1 saturated carbocycles. The zero-order chi connectivity index (χ0) is 18.2. The van der Waals surface area contributed by atoms with E-state index in [1.54, 1.807) is 0 Å². The second-order valence-corrected chi connectivity index (χ2v) is 7.52. The molecule has 1 aliphatic carbocycles. The van der Waals surface area contributed by atoms with Gasteiger partial charge in [-0.3, -0.25) is 0 Å². The molecule has 2 heteroatoms. The van der Waals surface area contributed by atoms with E-state index < -0.39 is 0 Å². The Morgan fingerprint density at radius 3 is 2.23 bits per heavy atom. The molecular formula is C24H30N2. The van der Waals surface area contributed by atoms with E-state index in [2.05, 4.69) is 59.9 Å². The molecule has 2 aromatic rings. The molecule has 0 aliphatic heterocycles. The van der Waals surface area contributed by atoms with Crippen LogP contribution >= 0.6 is 0 Å². The van der Waals surface area contributed by atoms with Crippen LogP contribution in [0.2, 0.25) is 0 Å². The van der Waals surface area contributed by atoms with E-state index >= 15 is 0 Å². The second kappa shape index (κ2) is 9.53. The SMILES string of the molecule is CCCCc1cnc(C#Cc2ccc([C@H]3CC[C@H](CC)CC3)cc2)nc1. The van der Waals surface area contributed by atoms with Gasteiger partial charge in [-0.2, -0.15) is 0 Å². The number of hydrogen-bond acceptors (Lipinski definition) is 2. The smallest absolute Gasteiger partial charge is 0.205 e. The fraction of sp³-hybridized carbons (Fsp3) is 0.500. The molecule has 1 fully saturated rings. The van der Waals surface area contributed by atoms with Crippen LogP contribution in [0.3, 0.4) is 0 Å². The normalized spacial score (nSPS) is 19.6. The highest BCUT2D eigenvalue weighted by atomic mass is 14.8. The summed E-state index contributed by atoms with van der Waals surface area (Å²) >= 11 is 0. The zero-order valence-corrected chi connectivity index (χ0v) is 16.2.